The molecule has 5 rings (SSSR count). The maximum Gasteiger partial charge on any atom is 0.270 e. The van der Waals surface area contributed by atoms with Gasteiger partial charge in [-0.05, 0) is 18.2 Å². The standard InChI is InChI=1S/C24H19N3O6/c1-30-18-9-8-16(27(28)29)12-17(18)22-21(14-6-4-3-5-7-14)25-24(26-22)15-10-19(31-2)23-20(11-15)32-13-33-23/h3-12H,13H2,1-2H3,(H,25,26). The van der Waals surface area contributed by atoms with Gasteiger partial charge in [-0.15, -0.1) is 0 Å². The smallest absolute Gasteiger partial charge is 0.270 e. The first kappa shape index (κ1) is 20.4. The quantitative estimate of drug-likeness (QED) is 0.326. The van der Waals surface area contributed by atoms with E-state index in [-0.39, 0.29) is 12.5 Å². The average molecular weight is 445 g/mol. The summed E-state index contributed by atoms with van der Waals surface area (Å²) in [5, 5.41) is 11.4. The van der Waals surface area contributed by atoms with E-state index in [1.807, 2.05) is 36.4 Å². The van der Waals surface area contributed by atoms with Crippen LogP contribution in [0.3, 0.4) is 0 Å². The molecule has 2 heterocycles. The summed E-state index contributed by atoms with van der Waals surface area (Å²) in [6.45, 7) is 0.110. The second-order valence-corrected chi connectivity index (χ2v) is 7.23. The molecule has 0 atom stereocenters. The molecular weight excluding hydrogens is 426 g/mol. The minimum absolute atomic E-state index is 0.0503. The van der Waals surface area contributed by atoms with Gasteiger partial charge < -0.3 is 23.9 Å². The third-order valence-corrected chi connectivity index (χ3v) is 5.35. The molecule has 0 saturated heterocycles. The lowest BCUT2D eigenvalue weighted by Crippen LogP contribution is -1.94. The first-order valence-electron chi connectivity index (χ1n) is 10.0. The first-order chi connectivity index (χ1) is 16.1. The summed E-state index contributed by atoms with van der Waals surface area (Å²) in [6, 6.07) is 17.6. The number of hydrogen-bond donors (Lipinski definition) is 1. The molecule has 0 saturated carbocycles. The van der Waals surface area contributed by atoms with Crippen LogP contribution in [0.2, 0.25) is 0 Å². The molecule has 1 aliphatic rings. The Hall–Kier alpha value is -4.53. The number of aromatic amines is 1. The molecule has 0 radical (unpaired) electrons. The Labute approximate surface area is 188 Å². The van der Waals surface area contributed by atoms with Crippen LogP contribution in [0.25, 0.3) is 33.9 Å². The molecule has 1 N–H and O–H groups in total. The lowest BCUT2D eigenvalue weighted by Gasteiger charge is -2.09. The van der Waals surface area contributed by atoms with Gasteiger partial charge in [-0.1, -0.05) is 30.3 Å². The monoisotopic (exact) mass is 445 g/mol. The third kappa shape index (κ3) is 3.59. The van der Waals surface area contributed by atoms with Crippen LogP contribution in [0, 0.1) is 10.1 Å². The molecule has 9 nitrogen and oxygen atoms in total. The molecule has 9 heteroatoms. The van der Waals surface area contributed by atoms with E-state index < -0.39 is 4.92 Å². The number of nitro groups is 1. The number of aromatic nitrogens is 2. The van der Waals surface area contributed by atoms with Crippen molar-refractivity contribution in [1.29, 1.82) is 0 Å². The zero-order chi connectivity index (χ0) is 22.9. The molecule has 0 unspecified atom stereocenters. The molecule has 0 bridgehead atoms. The lowest BCUT2D eigenvalue weighted by atomic mass is 10.0. The van der Waals surface area contributed by atoms with Gasteiger partial charge in [-0.25, -0.2) is 4.98 Å². The molecule has 0 fully saturated rings. The van der Waals surface area contributed by atoms with Gasteiger partial charge in [-0.2, -0.15) is 0 Å². The van der Waals surface area contributed by atoms with E-state index in [0.29, 0.717) is 51.3 Å². The Balaban J connectivity index is 1.74. The molecule has 166 valence electrons. The van der Waals surface area contributed by atoms with Crippen molar-refractivity contribution in [1.82, 2.24) is 9.97 Å². The van der Waals surface area contributed by atoms with Gasteiger partial charge in [0.15, 0.2) is 11.5 Å². The number of H-pyrrole nitrogens is 1. The van der Waals surface area contributed by atoms with E-state index in [4.69, 9.17) is 23.9 Å². The van der Waals surface area contributed by atoms with Crippen LogP contribution >= 0.6 is 0 Å². The van der Waals surface area contributed by atoms with Gasteiger partial charge in [0.1, 0.15) is 11.6 Å². The van der Waals surface area contributed by atoms with Crippen LogP contribution in [0.4, 0.5) is 5.69 Å². The van der Waals surface area contributed by atoms with Crippen molar-refractivity contribution in [3.05, 3.63) is 70.8 Å². The van der Waals surface area contributed by atoms with E-state index in [9.17, 15) is 10.1 Å². The highest BCUT2D eigenvalue weighted by Crippen LogP contribution is 2.45. The van der Waals surface area contributed by atoms with Crippen molar-refractivity contribution in [2.75, 3.05) is 21.0 Å². The maximum atomic E-state index is 11.4. The number of nitrogens with one attached hydrogen (secondary N) is 1. The fourth-order valence-electron chi connectivity index (χ4n) is 3.78. The van der Waals surface area contributed by atoms with Crippen LogP contribution in [0.5, 0.6) is 23.0 Å². The van der Waals surface area contributed by atoms with Crippen molar-refractivity contribution in [3.8, 4) is 56.9 Å². The summed E-state index contributed by atoms with van der Waals surface area (Å²) >= 11 is 0. The summed E-state index contributed by atoms with van der Waals surface area (Å²) in [6.07, 6.45) is 0. The maximum absolute atomic E-state index is 11.4. The van der Waals surface area contributed by atoms with E-state index in [1.54, 1.807) is 19.2 Å². The van der Waals surface area contributed by atoms with Gasteiger partial charge in [-0.3, -0.25) is 10.1 Å². The largest absolute Gasteiger partial charge is 0.496 e. The van der Waals surface area contributed by atoms with Crippen LogP contribution in [0.1, 0.15) is 0 Å². The second-order valence-electron chi connectivity index (χ2n) is 7.23. The van der Waals surface area contributed by atoms with Crippen molar-refractivity contribution in [2.24, 2.45) is 0 Å². The number of non-ortho nitro benzene ring substituents is 1. The number of hydrogen-bond acceptors (Lipinski definition) is 7. The zero-order valence-electron chi connectivity index (χ0n) is 17.8. The number of imidazole rings is 1. The fraction of sp³-hybridized carbons (Fsp3) is 0.125. The Morgan fingerprint density at radius 3 is 2.48 bits per heavy atom. The normalized spacial score (nSPS) is 11.9. The van der Waals surface area contributed by atoms with Gasteiger partial charge in [0, 0.05) is 28.8 Å². The van der Waals surface area contributed by atoms with Crippen molar-refractivity contribution in [3.63, 3.8) is 0 Å². The Morgan fingerprint density at radius 1 is 0.970 bits per heavy atom. The van der Waals surface area contributed by atoms with E-state index >= 15 is 0 Å². The highest BCUT2D eigenvalue weighted by Gasteiger charge is 2.24. The van der Waals surface area contributed by atoms with Crippen LogP contribution in [-0.4, -0.2) is 35.9 Å². The highest BCUT2D eigenvalue weighted by molar-refractivity contribution is 5.85. The van der Waals surface area contributed by atoms with E-state index in [0.717, 1.165) is 5.56 Å². The summed E-state index contributed by atoms with van der Waals surface area (Å²) in [4.78, 5) is 19.2. The second kappa shape index (κ2) is 8.19. The number of benzene rings is 3. The summed E-state index contributed by atoms with van der Waals surface area (Å²) in [5.74, 6) is 2.63. The summed E-state index contributed by atoms with van der Waals surface area (Å²) < 4.78 is 22.0. The van der Waals surface area contributed by atoms with Gasteiger partial charge in [0.2, 0.25) is 12.5 Å². The minimum Gasteiger partial charge on any atom is -0.496 e. The number of fused-ring (bicyclic) bond motifs is 1. The summed E-state index contributed by atoms with van der Waals surface area (Å²) in [5.41, 5.74) is 3.25. The Kier molecular flexibility index (Phi) is 5.06. The zero-order valence-corrected chi connectivity index (χ0v) is 17.8. The lowest BCUT2D eigenvalue weighted by molar-refractivity contribution is -0.384. The van der Waals surface area contributed by atoms with Crippen LogP contribution < -0.4 is 18.9 Å². The summed E-state index contributed by atoms with van der Waals surface area (Å²) in [7, 11) is 3.07. The van der Waals surface area contributed by atoms with E-state index in [1.165, 1.54) is 19.2 Å². The topological polar surface area (TPSA) is 109 Å². The fourth-order valence-corrected chi connectivity index (χ4v) is 3.78. The predicted octanol–water partition coefficient (Wildman–Crippen LogP) is 5.06. The van der Waals surface area contributed by atoms with Gasteiger partial charge in [0.25, 0.3) is 5.69 Å². The van der Waals surface area contributed by atoms with E-state index in [2.05, 4.69) is 4.98 Å². The average Bonchev–Trinajstić information content (AvgIpc) is 3.51. The molecule has 1 aliphatic heterocycles. The van der Waals surface area contributed by atoms with Crippen molar-refractivity contribution in [2.45, 2.75) is 0 Å². The molecular formula is C24H19N3O6. The van der Waals surface area contributed by atoms with Crippen molar-refractivity contribution < 1.29 is 23.9 Å². The molecule has 1 aromatic heterocycles. The SMILES string of the molecule is COc1ccc([N+](=O)[O-])cc1-c1[nH]c(-c2cc(OC)c3c(c2)OCO3)nc1-c1ccccc1. The number of rotatable bonds is 6. The minimum atomic E-state index is -0.439. The van der Waals surface area contributed by atoms with Gasteiger partial charge in [0.05, 0.1) is 30.5 Å². The third-order valence-electron chi connectivity index (χ3n) is 5.35. The Bertz CT molecular complexity index is 1350. The highest BCUT2D eigenvalue weighted by atomic mass is 16.7. The first-order valence-corrected chi connectivity index (χ1v) is 10.0. The number of nitrogens with zero attached hydrogens (tertiary/aromatic N) is 2. The molecule has 0 spiro atoms. The molecule has 33 heavy (non-hydrogen) atoms. The number of methoxy groups -OCH3 is 2. The number of ether oxygens (including phenoxy) is 4. The van der Waals surface area contributed by atoms with Crippen LogP contribution in [0.15, 0.2) is 60.7 Å². The Morgan fingerprint density at radius 2 is 1.76 bits per heavy atom. The predicted molar refractivity (Wildman–Crippen MR) is 121 cm³/mol. The van der Waals surface area contributed by atoms with Crippen LogP contribution in [-0.2, 0) is 0 Å². The molecule has 0 amide bonds. The van der Waals surface area contributed by atoms with Crippen molar-refractivity contribution >= 4 is 5.69 Å². The molecule has 3 aromatic carbocycles. The van der Waals surface area contributed by atoms with Gasteiger partial charge >= 0.3 is 0 Å². The molecule has 0 aliphatic carbocycles. The number of nitro benzene ring substituents is 1. The molecule has 4 aromatic rings.